The fraction of sp³-hybridized carbons (Fsp3) is 0.242. The molecule has 0 atom stereocenters. The second-order valence-corrected chi connectivity index (χ2v) is 10.9. The molecule has 40 heavy (non-hydrogen) atoms. The number of nitrogens with one attached hydrogen (secondary N) is 1. The molecule has 204 valence electrons. The van der Waals surface area contributed by atoms with Crippen LogP contribution in [0.25, 0.3) is 17.0 Å². The minimum absolute atomic E-state index is 0.0775. The van der Waals surface area contributed by atoms with E-state index in [1.165, 1.54) is 5.56 Å². The summed E-state index contributed by atoms with van der Waals surface area (Å²) in [5.41, 5.74) is 4.37. The summed E-state index contributed by atoms with van der Waals surface area (Å²) < 4.78 is 8.06. The number of hydrogen-bond acceptors (Lipinski definition) is 4. The lowest BCUT2D eigenvalue weighted by molar-refractivity contribution is -0.122. The minimum Gasteiger partial charge on any atom is -0.492 e. The van der Waals surface area contributed by atoms with Gasteiger partial charge in [-0.3, -0.25) is 14.9 Å². The number of barbiturate groups is 1. The molecule has 1 aliphatic rings. The number of hydrogen-bond donors (Lipinski definition) is 1. The van der Waals surface area contributed by atoms with Crippen LogP contribution in [-0.4, -0.2) is 29.0 Å². The first-order valence-electron chi connectivity index (χ1n) is 13.5. The second-order valence-electron chi connectivity index (χ2n) is 10.9. The van der Waals surface area contributed by atoms with Gasteiger partial charge in [0, 0.05) is 22.7 Å². The summed E-state index contributed by atoms with van der Waals surface area (Å²) in [6, 6.07) is 22.3. The van der Waals surface area contributed by atoms with E-state index in [0.29, 0.717) is 24.4 Å². The van der Waals surface area contributed by atoms with Gasteiger partial charge >= 0.3 is 6.03 Å². The number of aryl methyl sites for hydroxylation is 1. The van der Waals surface area contributed by atoms with Gasteiger partial charge in [-0.15, -0.1) is 0 Å². The zero-order valence-corrected chi connectivity index (χ0v) is 23.2. The molecule has 1 aromatic heterocycles. The molecule has 2 heterocycles. The number of benzene rings is 3. The van der Waals surface area contributed by atoms with Crippen molar-refractivity contribution in [3.05, 3.63) is 101 Å². The maximum absolute atomic E-state index is 13.4. The predicted molar refractivity (Wildman–Crippen MR) is 157 cm³/mol. The van der Waals surface area contributed by atoms with Crippen LogP contribution in [-0.2, 0) is 28.0 Å². The van der Waals surface area contributed by atoms with Crippen molar-refractivity contribution in [2.24, 2.45) is 0 Å². The van der Waals surface area contributed by atoms with Crippen LogP contribution in [0.15, 0.2) is 84.6 Å². The van der Waals surface area contributed by atoms with Crippen LogP contribution in [0.3, 0.4) is 0 Å². The third-order valence-corrected chi connectivity index (χ3v) is 7.14. The average Bonchev–Trinajstić information content (AvgIpc) is 3.28. The number of aromatic nitrogens is 1. The van der Waals surface area contributed by atoms with E-state index in [2.05, 4.69) is 38.2 Å². The van der Waals surface area contributed by atoms with E-state index in [0.717, 1.165) is 33.5 Å². The van der Waals surface area contributed by atoms with Gasteiger partial charge in [-0.25, -0.2) is 9.69 Å². The molecule has 0 saturated carbocycles. The molecular weight excluding hydrogens is 502 g/mol. The lowest BCUT2D eigenvalue weighted by atomic mass is 9.87. The molecular formula is C33H33N3O4. The molecule has 0 spiro atoms. The Balaban J connectivity index is 1.39. The van der Waals surface area contributed by atoms with Gasteiger partial charge in [0.25, 0.3) is 11.8 Å². The largest absolute Gasteiger partial charge is 0.492 e. The molecule has 0 radical (unpaired) electrons. The highest BCUT2D eigenvalue weighted by Gasteiger charge is 2.37. The lowest BCUT2D eigenvalue weighted by Crippen LogP contribution is -2.54. The van der Waals surface area contributed by atoms with Crippen LogP contribution in [0.2, 0.25) is 0 Å². The van der Waals surface area contributed by atoms with Gasteiger partial charge in [-0.1, -0.05) is 70.2 Å². The first-order valence-corrected chi connectivity index (χ1v) is 13.5. The molecule has 7 nitrogen and oxygen atoms in total. The maximum Gasteiger partial charge on any atom is 0.335 e. The summed E-state index contributed by atoms with van der Waals surface area (Å²) in [5, 5.41) is 3.20. The van der Waals surface area contributed by atoms with Gasteiger partial charge in [-0.2, -0.15) is 0 Å². The van der Waals surface area contributed by atoms with Gasteiger partial charge in [0.1, 0.15) is 17.9 Å². The molecule has 4 aromatic rings. The number of amides is 4. The van der Waals surface area contributed by atoms with Crippen molar-refractivity contribution in [2.75, 3.05) is 11.5 Å². The van der Waals surface area contributed by atoms with E-state index in [9.17, 15) is 14.4 Å². The van der Waals surface area contributed by atoms with Crippen LogP contribution in [0, 0.1) is 0 Å². The van der Waals surface area contributed by atoms with E-state index >= 15 is 0 Å². The Bertz CT molecular complexity index is 1610. The highest BCUT2D eigenvalue weighted by Crippen LogP contribution is 2.28. The Morgan fingerprint density at radius 1 is 0.900 bits per heavy atom. The molecule has 0 aliphatic carbocycles. The molecule has 1 saturated heterocycles. The standard InChI is InChI=1S/C33H33N3O4/c1-5-22-10-14-25(15-11-22)36-31(38)28(30(37)34-32(36)39)20-23-21-35(29-9-7-6-8-27(23)29)18-19-40-26-16-12-24(13-17-26)33(2,3)4/h6-17,20-21H,5,18-19H2,1-4H3,(H,34,37,39)/b28-20+. The van der Waals surface area contributed by atoms with Crippen LogP contribution in [0.1, 0.15) is 44.4 Å². The zero-order chi connectivity index (χ0) is 28.4. The Hall–Kier alpha value is -4.65. The Morgan fingerprint density at radius 3 is 2.27 bits per heavy atom. The number of carbonyl (C=O) groups is 3. The molecule has 0 bridgehead atoms. The fourth-order valence-corrected chi connectivity index (χ4v) is 4.82. The minimum atomic E-state index is -0.758. The highest BCUT2D eigenvalue weighted by atomic mass is 16.5. The Labute approximate surface area is 234 Å². The summed E-state index contributed by atoms with van der Waals surface area (Å²) in [5.74, 6) is -0.569. The van der Waals surface area contributed by atoms with E-state index in [1.807, 2.05) is 66.2 Å². The van der Waals surface area contributed by atoms with Crippen LogP contribution in [0.5, 0.6) is 5.75 Å². The van der Waals surface area contributed by atoms with Gasteiger partial charge in [0.05, 0.1) is 12.2 Å². The van der Waals surface area contributed by atoms with Crippen LogP contribution in [0.4, 0.5) is 10.5 Å². The van der Waals surface area contributed by atoms with Crippen molar-refractivity contribution < 1.29 is 19.1 Å². The smallest absolute Gasteiger partial charge is 0.335 e. The maximum atomic E-state index is 13.4. The summed E-state index contributed by atoms with van der Waals surface area (Å²) in [6.07, 6.45) is 4.30. The number of fused-ring (bicyclic) bond motifs is 1. The number of urea groups is 1. The van der Waals surface area contributed by atoms with Crippen molar-refractivity contribution in [1.82, 2.24) is 9.88 Å². The quantitative estimate of drug-likeness (QED) is 0.224. The number of rotatable bonds is 7. The molecule has 1 aliphatic heterocycles. The van der Waals surface area contributed by atoms with Gasteiger partial charge in [-0.05, 0) is 59.4 Å². The Kier molecular flexibility index (Phi) is 7.30. The number of para-hydroxylation sites is 1. The summed E-state index contributed by atoms with van der Waals surface area (Å²) in [6.45, 7) is 9.57. The van der Waals surface area contributed by atoms with Gasteiger partial charge in [0.15, 0.2) is 0 Å². The van der Waals surface area contributed by atoms with E-state index in [4.69, 9.17) is 4.74 Å². The molecule has 0 unspecified atom stereocenters. The topological polar surface area (TPSA) is 80.6 Å². The summed E-state index contributed by atoms with van der Waals surface area (Å²) in [7, 11) is 0. The molecule has 1 fully saturated rings. The van der Waals surface area contributed by atoms with E-state index < -0.39 is 17.8 Å². The SMILES string of the molecule is CCc1ccc(N2C(=O)NC(=O)/C(=C\c3cn(CCOc4ccc(C(C)(C)C)cc4)c4ccccc34)C2=O)cc1. The number of ether oxygens (including phenoxy) is 1. The first kappa shape index (κ1) is 26.9. The number of imide groups is 2. The average molecular weight is 536 g/mol. The van der Waals surface area contributed by atoms with Crippen molar-refractivity contribution in [2.45, 2.75) is 46.1 Å². The third-order valence-electron chi connectivity index (χ3n) is 7.14. The molecule has 1 N–H and O–H groups in total. The number of carbonyl (C=O) groups excluding carboxylic acids is 3. The summed E-state index contributed by atoms with van der Waals surface area (Å²) in [4.78, 5) is 39.8. The normalized spacial score (nSPS) is 15.2. The van der Waals surface area contributed by atoms with Gasteiger partial charge in [0.2, 0.25) is 0 Å². The molecule has 4 amide bonds. The number of nitrogens with zero attached hydrogens (tertiary/aromatic N) is 2. The third kappa shape index (κ3) is 5.41. The zero-order valence-electron chi connectivity index (χ0n) is 23.2. The first-order chi connectivity index (χ1) is 19.2. The molecule has 5 rings (SSSR count). The van der Waals surface area contributed by atoms with E-state index in [1.54, 1.807) is 18.2 Å². The Morgan fingerprint density at radius 2 is 1.60 bits per heavy atom. The predicted octanol–water partition coefficient (Wildman–Crippen LogP) is 6.25. The number of anilines is 1. The van der Waals surface area contributed by atoms with Crippen molar-refractivity contribution in [1.29, 1.82) is 0 Å². The van der Waals surface area contributed by atoms with Crippen molar-refractivity contribution in [3.63, 3.8) is 0 Å². The van der Waals surface area contributed by atoms with Crippen LogP contribution < -0.4 is 15.0 Å². The van der Waals surface area contributed by atoms with E-state index in [-0.39, 0.29) is 11.0 Å². The lowest BCUT2D eigenvalue weighted by Gasteiger charge is -2.26. The fourth-order valence-electron chi connectivity index (χ4n) is 4.82. The van der Waals surface area contributed by atoms with Crippen LogP contribution >= 0.6 is 0 Å². The molecule has 7 heteroatoms. The highest BCUT2D eigenvalue weighted by molar-refractivity contribution is 6.39. The monoisotopic (exact) mass is 535 g/mol. The van der Waals surface area contributed by atoms with Gasteiger partial charge < -0.3 is 9.30 Å². The second kappa shape index (κ2) is 10.8. The summed E-state index contributed by atoms with van der Waals surface area (Å²) >= 11 is 0. The molecule has 3 aromatic carbocycles. The van der Waals surface area contributed by atoms with Crippen molar-refractivity contribution >= 4 is 40.5 Å². The van der Waals surface area contributed by atoms with Crippen molar-refractivity contribution in [3.8, 4) is 5.75 Å².